The number of anilines is 1. The fourth-order valence-corrected chi connectivity index (χ4v) is 3.64. The summed E-state index contributed by atoms with van der Waals surface area (Å²) < 4.78 is 23.9. The van der Waals surface area contributed by atoms with Gasteiger partial charge in [0, 0.05) is 5.69 Å². The van der Waals surface area contributed by atoms with Crippen molar-refractivity contribution in [2.24, 2.45) is 0 Å². The van der Waals surface area contributed by atoms with Crippen molar-refractivity contribution in [3.05, 3.63) is 42.5 Å². The van der Waals surface area contributed by atoms with E-state index in [0.29, 0.717) is 13.2 Å². The van der Waals surface area contributed by atoms with Gasteiger partial charge in [0.05, 0.1) is 13.2 Å². The number of nitrogens with one attached hydrogen (secondary N) is 1. The van der Waals surface area contributed by atoms with Crippen molar-refractivity contribution in [1.82, 2.24) is 0 Å². The fourth-order valence-electron chi connectivity index (χ4n) is 1.89. The maximum Gasteiger partial charge on any atom is 0.356 e. The molecule has 0 saturated carbocycles. The number of unbranched alkanes of at least 4 members (excludes halogenated alkanes) is 1. The number of allylic oxidation sites excluding steroid dienone is 1. The molecule has 118 valence electrons. The van der Waals surface area contributed by atoms with Crippen LogP contribution in [0.2, 0.25) is 0 Å². The molecule has 0 fully saturated rings. The van der Waals surface area contributed by atoms with Gasteiger partial charge in [-0.3, -0.25) is 4.57 Å². The van der Waals surface area contributed by atoms with Crippen molar-refractivity contribution in [1.29, 1.82) is 0 Å². The van der Waals surface area contributed by atoms with E-state index in [0.717, 1.165) is 18.5 Å². The standard InChI is InChI=1S/C16H26NO3P/c1-4-7-9-14-16(17-15-12-10-8-11-13-15)21(18,19-5-2)20-6-3/h8-14,16-17H,4-7H2,1-3H3/b14-9+. The molecule has 1 aromatic rings. The van der Waals surface area contributed by atoms with Crippen molar-refractivity contribution >= 4 is 13.3 Å². The summed E-state index contributed by atoms with van der Waals surface area (Å²) in [6.45, 7) is 6.45. The first-order valence-electron chi connectivity index (χ1n) is 7.53. The van der Waals surface area contributed by atoms with Crippen LogP contribution >= 0.6 is 7.60 Å². The average molecular weight is 311 g/mol. The zero-order valence-corrected chi connectivity index (χ0v) is 14.0. The van der Waals surface area contributed by atoms with Crippen LogP contribution in [-0.4, -0.2) is 19.0 Å². The highest BCUT2D eigenvalue weighted by Crippen LogP contribution is 2.53. The van der Waals surface area contributed by atoms with Crippen molar-refractivity contribution < 1.29 is 13.6 Å². The van der Waals surface area contributed by atoms with E-state index in [2.05, 4.69) is 12.2 Å². The Labute approximate surface area is 128 Å². The summed E-state index contributed by atoms with van der Waals surface area (Å²) >= 11 is 0. The van der Waals surface area contributed by atoms with Crippen LogP contribution in [0.15, 0.2) is 42.5 Å². The molecule has 0 spiro atoms. The molecule has 0 saturated heterocycles. The van der Waals surface area contributed by atoms with Crippen LogP contribution in [0.4, 0.5) is 5.69 Å². The minimum Gasteiger partial charge on any atom is -0.368 e. The van der Waals surface area contributed by atoms with Crippen molar-refractivity contribution in [2.45, 2.75) is 39.4 Å². The normalized spacial score (nSPS) is 13.5. The first-order chi connectivity index (χ1) is 10.2. The molecule has 0 aliphatic heterocycles. The number of para-hydroxylation sites is 1. The number of benzene rings is 1. The van der Waals surface area contributed by atoms with Crippen LogP contribution in [0.1, 0.15) is 33.6 Å². The minimum absolute atomic E-state index is 0.353. The van der Waals surface area contributed by atoms with Crippen LogP contribution in [0, 0.1) is 0 Å². The Morgan fingerprint density at radius 2 is 1.76 bits per heavy atom. The van der Waals surface area contributed by atoms with Gasteiger partial charge in [0.15, 0.2) is 0 Å². The van der Waals surface area contributed by atoms with Gasteiger partial charge in [0.1, 0.15) is 5.78 Å². The number of hydrogen-bond donors (Lipinski definition) is 1. The molecular formula is C16H26NO3P. The third-order valence-corrected chi connectivity index (χ3v) is 5.04. The molecule has 1 N–H and O–H groups in total. The fraction of sp³-hybridized carbons (Fsp3) is 0.500. The van der Waals surface area contributed by atoms with E-state index in [1.807, 2.05) is 56.3 Å². The van der Waals surface area contributed by atoms with Gasteiger partial charge >= 0.3 is 7.60 Å². The smallest absolute Gasteiger partial charge is 0.356 e. The largest absolute Gasteiger partial charge is 0.368 e. The van der Waals surface area contributed by atoms with Gasteiger partial charge in [0.2, 0.25) is 0 Å². The van der Waals surface area contributed by atoms with Gasteiger partial charge < -0.3 is 14.4 Å². The summed E-state index contributed by atoms with van der Waals surface area (Å²) in [6.07, 6.45) is 5.89. The van der Waals surface area contributed by atoms with E-state index in [9.17, 15) is 4.57 Å². The Bertz CT molecular complexity index is 452. The van der Waals surface area contributed by atoms with Crippen molar-refractivity contribution in [3.63, 3.8) is 0 Å². The molecule has 1 rings (SSSR count). The summed E-state index contributed by atoms with van der Waals surface area (Å²) in [5.74, 6) is -0.480. The minimum atomic E-state index is -3.23. The van der Waals surface area contributed by atoms with Crippen LogP contribution in [0.5, 0.6) is 0 Å². The summed E-state index contributed by atoms with van der Waals surface area (Å²) in [7, 11) is -3.23. The molecular weight excluding hydrogens is 285 g/mol. The first-order valence-corrected chi connectivity index (χ1v) is 9.14. The summed E-state index contributed by atoms with van der Waals surface area (Å²) in [4.78, 5) is 0. The second kappa shape index (κ2) is 9.78. The molecule has 0 aliphatic carbocycles. The van der Waals surface area contributed by atoms with Gasteiger partial charge in [0.25, 0.3) is 0 Å². The first kappa shape index (κ1) is 18.0. The Kier molecular flexibility index (Phi) is 8.36. The van der Waals surface area contributed by atoms with E-state index in [1.165, 1.54) is 0 Å². The van der Waals surface area contributed by atoms with Gasteiger partial charge in [-0.05, 0) is 32.4 Å². The Balaban J connectivity index is 2.96. The second-order valence-electron chi connectivity index (χ2n) is 4.55. The molecule has 0 amide bonds. The van der Waals surface area contributed by atoms with Crippen LogP contribution < -0.4 is 5.32 Å². The monoisotopic (exact) mass is 311 g/mol. The topological polar surface area (TPSA) is 47.6 Å². The maximum absolute atomic E-state index is 13.0. The highest BCUT2D eigenvalue weighted by Gasteiger charge is 2.33. The lowest BCUT2D eigenvalue weighted by molar-refractivity contribution is 0.217. The Morgan fingerprint density at radius 1 is 1.14 bits per heavy atom. The zero-order chi connectivity index (χ0) is 15.6. The molecule has 0 radical (unpaired) electrons. The molecule has 1 aromatic carbocycles. The van der Waals surface area contributed by atoms with Crippen LogP contribution in [0.25, 0.3) is 0 Å². The second-order valence-corrected chi connectivity index (χ2v) is 6.70. The molecule has 1 unspecified atom stereocenters. The van der Waals surface area contributed by atoms with E-state index in [-0.39, 0.29) is 0 Å². The maximum atomic E-state index is 13.0. The third-order valence-electron chi connectivity index (χ3n) is 2.82. The predicted octanol–water partition coefficient (Wildman–Crippen LogP) is 5.05. The Morgan fingerprint density at radius 3 is 2.29 bits per heavy atom. The molecule has 0 aromatic heterocycles. The van der Waals surface area contributed by atoms with Gasteiger partial charge in [-0.15, -0.1) is 0 Å². The van der Waals surface area contributed by atoms with Crippen LogP contribution in [-0.2, 0) is 13.6 Å². The molecule has 0 aliphatic rings. The van der Waals surface area contributed by atoms with Gasteiger partial charge in [-0.2, -0.15) is 0 Å². The Hall–Kier alpha value is -1.09. The number of rotatable bonds is 10. The zero-order valence-electron chi connectivity index (χ0n) is 13.1. The summed E-state index contributed by atoms with van der Waals surface area (Å²) in [6, 6.07) is 9.67. The van der Waals surface area contributed by atoms with Crippen molar-refractivity contribution in [3.8, 4) is 0 Å². The molecule has 21 heavy (non-hydrogen) atoms. The quantitative estimate of drug-likeness (QED) is 0.485. The lowest BCUT2D eigenvalue weighted by Crippen LogP contribution is -2.20. The predicted molar refractivity (Wildman–Crippen MR) is 88.8 cm³/mol. The molecule has 4 nitrogen and oxygen atoms in total. The highest BCUT2D eigenvalue weighted by molar-refractivity contribution is 7.55. The summed E-state index contributed by atoms with van der Waals surface area (Å²) in [5, 5.41) is 3.25. The lowest BCUT2D eigenvalue weighted by Gasteiger charge is -2.25. The van der Waals surface area contributed by atoms with Gasteiger partial charge in [-0.25, -0.2) is 0 Å². The molecule has 0 heterocycles. The number of hydrogen-bond acceptors (Lipinski definition) is 4. The molecule has 0 bridgehead atoms. The van der Waals surface area contributed by atoms with Gasteiger partial charge in [-0.1, -0.05) is 43.7 Å². The van der Waals surface area contributed by atoms with E-state index >= 15 is 0 Å². The third kappa shape index (κ3) is 6.04. The molecule has 5 heteroatoms. The van der Waals surface area contributed by atoms with E-state index in [1.54, 1.807) is 0 Å². The van der Waals surface area contributed by atoms with Crippen LogP contribution in [0.3, 0.4) is 0 Å². The summed E-state index contributed by atoms with van der Waals surface area (Å²) in [5.41, 5.74) is 0.892. The van der Waals surface area contributed by atoms with E-state index < -0.39 is 13.4 Å². The lowest BCUT2D eigenvalue weighted by atomic mass is 10.3. The van der Waals surface area contributed by atoms with E-state index in [4.69, 9.17) is 9.05 Å². The molecule has 1 atom stereocenters. The van der Waals surface area contributed by atoms with Crippen molar-refractivity contribution in [2.75, 3.05) is 18.5 Å². The highest BCUT2D eigenvalue weighted by atomic mass is 31.2. The SMILES string of the molecule is CCC/C=C/C(Nc1ccccc1)P(=O)(OCC)OCC. The average Bonchev–Trinajstić information content (AvgIpc) is 2.48.